The predicted octanol–water partition coefficient (Wildman–Crippen LogP) is 0.309. The van der Waals surface area contributed by atoms with Gasteiger partial charge in [0.15, 0.2) is 0 Å². The molecule has 0 saturated heterocycles. The Hall–Kier alpha value is -0.160. The molecule has 0 N–H and O–H groups in total. The lowest BCUT2D eigenvalue weighted by Gasteiger charge is -2.23. The molecule has 0 amide bonds. The van der Waals surface area contributed by atoms with Crippen LogP contribution in [0.15, 0.2) is 0 Å². The molecular weight excluding hydrogens is 160 g/mol. The van der Waals surface area contributed by atoms with Crippen LogP contribution in [0.25, 0.3) is 0 Å². The molecule has 2 atom stereocenters. The first-order valence-electron chi connectivity index (χ1n) is 3.83. The maximum Gasteiger partial charge on any atom is 0.109 e. The molecule has 74 valence electrons. The molecule has 0 aliphatic heterocycles. The van der Waals surface area contributed by atoms with E-state index in [1.165, 1.54) is 0 Å². The van der Waals surface area contributed by atoms with E-state index in [1.807, 2.05) is 0 Å². The van der Waals surface area contributed by atoms with Crippen molar-refractivity contribution < 1.29 is 18.9 Å². The highest BCUT2D eigenvalue weighted by atomic mass is 16.6. The van der Waals surface area contributed by atoms with Gasteiger partial charge in [-0.15, -0.1) is 0 Å². The maximum atomic E-state index is 5.17. The summed E-state index contributed by atoms with van der Waals surface area (Å²) in [4.78, 5) is 0. The normalized spacial score (nSPS) is 16.0. The second-order valence-electron chi connectivity index (χ2n) is 2.46. The van der Waals surface area contributed by atoms with E-state index in [-0.39, 0.29) is 12.2 Å². The molecule has 0 aromatic heterocycles. The molecule has 0 fully saturated rings. The van der Waals surface area contributed by atoms with Crippen molar-refractivity contribution in [3.63, 3.8) is 0 Å². The Morgan fingerprint density at radius 2 is 1.08 bits per heavy atom. The van der Waals surface area contributed by atoms with E-state index in [0.717, 1.165) is 0 Å². The summed E-state index contributed by atoms with van der Waals surface area (Å²) in [5.41, 5.74) is 0. The van der Waals surface area contributed by atoms with E-state index < -0.39 is 0 Å². The highest BCUT2D eigenvalue weighted by molar-refractivity contribution is 4.68. The van der Waals surface area contributed by atoms with E-state index in [2.05, 4.69) is 0 Å². The molecule has 0 radical (unpaired) electrons. The van der Waals surface area contributed by atoms with E-state index >= 15 is 0 Å². The number of rotatable bonds is 7. The average molecular weight is 178 g/mol. The molecule has 0 spiro atoms. The number of ether oxygens (including phenoxy) is 4. The van der Waals surface area contributed by atoms with E-state index in [0.29, 0.717) is 13.2 Å². The minimum atomic E-state index is -0.0695. The van der Waals surface area contributed by atoms with Crippen molar-refractivity contribution in [3.8, 4) is 0 Å². The van der Waals surface area contributed by atoms with Crippen molar-refractivity contribution in [2.75, 3.05) is 41.7 Å². The van der Waals surface area contributed by atoms with Crippen LogP contribution in [0.1, 0.15) is 0 Å². The molecule has 4 nitrogen and oxygen atoms in total. The molecule has 0 saturated carbocycles. The second-order valence-corrected chi connectivity index (χ2v) is 2.46. The van der Waals surface area contributed by atoms with Crippen LogP contribution in [0, 0.1) is 0 Å². The second kappa shape index (κ2) is 7.49. The van der Waals surface area contributed by atoms with Crippen molar-refractivity contribution in [2.24, 2.45) is 0 Å². The first-order valence-corrected chi connectivity index (χ1v) is 3.83. The van der Waals surface area contributed by atoms with Gasteiger partial charge in [0.2, 0.25) is 0 Å². The Kier molecular flexibility index (Phi) is 7.39. The molecule has 0 rings (SSSR count). The van der Waals surface area contributed by atoms with Crippen LogP contribution in [-0.4, -0.2) is 53.9 Å². The topological polar surface area (TPSA) is 36.9 Å². The Morgan fingerprint density at radius 3 is 1.25 bits per heavy atom. The summed E-state index contributed by atoms with van der Waals surface area (Å²) >= 11 is 0. The zero-order chi connectivity index (χ0) is 9.40. The predicted molar refractivity (Wildman–Crippen MR) is 45.3 cm³/mol. The summed E-state index contributed by atoms with van der Waals surface area (Å²) in [6.07, 6.45) is -0.139. The van der Waals surface area contributed by atoms with Crippen molar-refractivity contribution in [1.82, 2.24) is 0 Å². The van der Waals surface area contributed by atoms with Crippen LogP contribution >= 0.6 is 0 Å². The highest BCUT2D eigenvalue weighted by Crippen LogP contribution is 2.03. The molecule has 0 aliphatic rings. The van der Waals surface area contributed by atoms with E-state index in [9.17, 15) is 0 Å². The van der Waals surface area contributed by atoms with Crippen LogP contribution in [0.4, 0.5) is 0 Å². The van der Waals surface area contributed by atoms with Crippen LogP contribution in [0.2, 0.25) is 0 Å². The Labute approximate surface area is 73.7 Å². The Balaban J connectivity index is 3.84. The lowest BCUT2D eigenvalue weighted by molar-refractivity contribution is -0.0912. The largest absolute Gasteiger partial charge is 0.382 e. The quantitative estimate of drug-likeness (QED) is 0.562. The van der Waals surface area contributed by atoms with Gasteiger partial charge in [0, 0.05) is 28.4 Å². The SMILES string of the molecule is COC[C@H](OC)[C@H](COC)OC. The van der Waals surface area contributed by atoms with Crippen molar-refractivity contribution >= 4 is 0 Å². The van der Waals surface area contributed by atoms with Crippen molar-refractivity contribution in [1.29, 1.82) is 0 Å². The van der Waals surface area contributed by atoms with E-state index in [4.69, 9.17) is 18.9 Å². The molecule has 0 aliphatic carbocycles. The zero-order valence-corrected chi connectivity index (χ0v) is 8.20. The van der Waals surface area contributed by atoms with Crippen molar-refractivity contribution in [3.05, 3.63) is 0 Å². The third-order valence-electron chi connectivity index (χ3n) is 1.68. The standard InChI is InChI=1S/C8H18O4/c1-9-5-7(11-3)8(12-4)6-10-2/h7-8H,5-6H2,1-4H3/t7-,8-/m0/s1. The lowest BCUT2D eigenvalue weighted by atomic mass is 10.2. The summed E-state index contributed by atoms with van der Waals surface area (Å²) in [7, 11) is 6.52. The average Bonchev–Trinajstić information content (AvgIpc) is 2.11. The van der Waals surface area contributed by atoms with E-state index in [1.54, 1.807) is 28.4 Å². The molecule has 4 heteroatoms. The fraction of sp³-hybridized carbons (Fsp3) is 1.00. The van der Waals surface area contributed by atoms with Gasteiger partial charge < -0.3 is 18.9 Å². The summed E-state index contributed by atoms with van der Waals surface area (Å²) in [6.45, 7) is 1.02. The minimum absolute atomic E-state index is 0.0695. The third kappa shape index (κ3) is 4.01. The Bertz CT molecular complexity index is 85.1. The van der Waals surface area contributed by atoms with Crippen LogP contribution in [0.5, 0.6) is 0 Å². The van der Waals surface area contributed by atoms with Gasteiger partial charge in [-0.25, -0.2) is 0 Å². The molecule has 0 aromatic carbocycles. The molecule has 0 heterocycles. The zero-order valence-electron chi connectivity index (χ0n) is 8.20. The van der Waals surface area contributed by atoms with Gasteiger partial charge in [0.25, 0.3) is 0 Å². The molecule has 0 unspecified atom stereocenters. The van der Waals surface area contributed by atoms with Crippen LogP contribution < -0.4 is 0 Å². The molecule has 0 aromatic rings. The van der Waals surface area contributed by atoms with Gasteiger partial charge in [0.1, 0.15) is 12.2 Å². The van der Waals surface area contributed by atoms with Gasteiger partial charge >= 0.3 is 0 Å². The fourth-order valence-corrected chi connectivity index (χ4v) is 0.983. The Morgan fingerprint density at radius 1 is 0.750 bits per heavy atom. The summed E-state index contributed by atoms with van der Waals surface area (Å²) in [5.74, 6) is 0. The lowest BCUT2D eigenvalue weighted by Crippen LogP contribution is -2.37. The molecule has 0 bridgehead atoms. The number of hydrogen-bond donors (Lipinski definition) is 0. The van der Waals surface area contributed by atoms with Gasteiger partial charge in [0.05, 0.1) is 13.2 Å². The summed E-state index contributed by atoms with van der Waals surface area (Å²) in [6, 6.07) is 0. The monoisotopic (exact) mass is 178 g/mol. The van der Waals surface area contributed by atoms with Gasteiger partial charge in [-0.05, 0) is 0 Å². The highest BCUT2D eigenvalue weighted by Gasteiger charge is 2.20. The van der Waals surface area contributed by atoms with Gasteiger partial charge in [-0.1, -0.05) is 0 Å². The molecular formula is C8H18O4. The summed E-state index contributed by atoms with van der Waals surface area (Å²) in [5, 5.41) is 0. The smallest absolute Gasteiger partial charge is 0.109 e. The minimum Gasteiger partial charge on any atom is -0.382 e. The van der Waals surface area contributed by atoms with Crippen LogP contribution in [-0.2, 0) is 18.9 Å². The fourth-order valence-electron chi connectivity index (χ4n) is 0.983. The molecule has 12 heavy (non-hydrogen) atoms. The van der Waals surface area contributed by atoms with Crippen molar-refractivity contribution in [2.45, 2.75) is 12.2 Å². The third-order valence-corrected chi connectivity index (χ3v) is 1.68. The number of methoxy groups -OCH3 is 4. The first-order chi connectivity index (χ1) is 5.79. The van der Waals surface area contributed by atoms with Crippen LogP contribution in [0.3, 0.4) is 0 Å². The maximum absolute atomic E-state index is 5.17. The summed E-state index contributed by atoms with van der Waals surface area (Å²) < 4.78 is 20.3. The number of hydrogen-bond acceptors (Lipinski definition) is 4. The van der Waals surface area contributed by atoms with Gasteiger partial charge in [-0.3, -0.25) is 0 Å². The van der Waals surface area contributed by atoms with Gasteiger partial charge in [-0.2, -0.15) is 0 Å². The first kappa shape index (κ1) is 11.8.